The Labute approximate surface area is 174 Å². The van der Waals surface area contributed by atoms with Crippen LogP contribution in [0.1, 0.15) is 55.8 Å². The molecule has 158 valence electrons. The van der Waals surface area contributed by atoms with Gasteiger partial charge in [0.1, 0.15) is 0 Å². The van der Waals surface area contributed by atoms with E-state index >= 15 is 0 Å². The first-order chi connectivity index (χ1) is 13.9. The van der Waals surface area contributed by atoms with Gasteiger partial charge in [-0.15, -0.1) is 0 Å². The van der Waals surface area contributed by atoms with Crippen molar-refractivity contribution in [2.45, 2.75) is 57.6 Å². The van der Waals surface area contributed by atoms with E-state index < -0.39 is 24.0 Å². The van der Waals surface area contributed by atoms with Crippen molar-refractivity contribution in [1.29, 1.82) is 0 Å². The number of halogens is 1. The molecule has 8 nitrogen and oxygen atoms in total. The number of amides is 3. The van der Waals surface area contributed by atoms with Crippen LogP contribution < -0.4 is 20.1 Å². The van der Waals surface area contributed by atoms with Crippen LogP contribution in [0.15, 0.2) is 12.1 Å². The molecule has 2 aliphatic rings. The molecule has 1 aliphatic carbocycles. The fraction of sp³-hybridized carbons (Fsp3) is 0.550. The minimum Gasteiger partial charge on any atom is -0.489 e. The summed E-state index contributed by atoms with van der Waals surface area (Å²) in [4.78, 5) is 36.6. The maximum Gasteiger partial charge on any atom is 0.339 e. The number of hydrogen-bond acceptors (Lipinski definition) is 6. The first-order valence-corrected chi connectivity index (χ1v) is 10.2. The van der Waals surface area contributed by atoms with Gasteiger partial charge in [0.25, 0.3) is 5.91 Å². The van der Waals surface area contributed by atoms with Gasteiger partial charge in [-0.25, -0.2) is 9.59 Å². The lowest BCUT2D eigenvalue weighted by Crippen LogP contribution is -2.48. The van der Waals surface area contributed by atoms with Gasteiger partial charge in [-0.1, -0.05) is 30.9 Å². The summed E-state index contributed by atoms with van der Waals surface area (Å²) < 4.78 is 16.2. The maximum atomic E-state index is 12.4. The highest BCUT2D eigenvalue weighted by Gasteiger charge is 2.24. The predicted molar refractivity (Wildman–Crippen MR) is 105 cm³/mol. The summed E-state index contributed by atoms with van der Waals surface area (Å²) in [5, 5.41) is 5.22. The lowest BCUT2D eigenvalue weighted by Gasteiger charge is -2.23. The topological polar surface area (TPSA) is 103 Å². The van der Waals surface area contributed by atoms with Crippen LogP contribution in [0.4, 0.5) is 4.79 Å². The molecule has 29 heavy (non-hydrogen) atoms. The lowest BCUT2D eigenvalue weighted by molar-refractivity contribution is -0.127. The minimum atomic E-state index is -1.16. The second-order valence-corrected chi connectivity index (χ2v) is 7.59. The Hall–Kier alpha value is -2.48. The summed E-state index contributed by atoms with van der Waals surface area (Å²) in [7, 11) is 0. The third kappa shape index (κ3) is 5.76. The van der Waals surface area contributed by atoms with Crippen LogP contribution in [-0.2, 0) is 9.53 Å². The molecular weight excluding hydrogens is 400 g/mol. The van der Waals surface area contributed by atoms with Crippen molar-refractivity contribution >= 4 is 29.5 Å². The zero-order chi connectivity index (χ0) is 20.8. The smallest absolute Gasteiger partial charge is 0.339 e. The van der Waals surface area contributed by atoms with Crippen LogP contribution in [0.25, 0.3) is 0 Å². The number of urea groups is 1. The van der Waals surface area contributed by atoms with Gasteiger partial charge in [-0.2, -0.15) is 0 Å². The van der Waals surface area contributed by atoms with Crippen molar-refractivity contribution in [3.05, 3.63) is 22.7 Å². The highest BCUT2D eigenvalue weighted by Crippen LogP contribution is 2.38. The molecule has 1 aromatic rings. The average Bonchev–Trinajstić information content (AvgIpc) is 2.94. The third-order valence-corrected chi connectivity index (χ3v) is 5.15. The Morgan fingerprint density at radius 3 is 2.59 bits per heavy atom. The summed E-state index contributed by atoms with van der Waals surface area (Å²) in [6, 6.07) is 2.36. The molecule has 3 amide bonds. The number of carbonyl (C=O) groups excluding carboxylic acids is 3. The van der Waals surface area contributed by atoms with Crippen LogP contribution in [-0.4, -0.2) is 43.3 Å². The van der Waals surface area contributed by atoms with Crippen LogP contribution in [0, 0.1) is 0 Å². The van der Waals surface area contributed by atoms with Crippen LogP contribution in [0.3, 0.4) is 0 Å². The van der Waals surface area contributed by atoms with Gasteiger partial charge in [-0.3, -0.25) is 10.1 Å². The van der Waals surface area contributed by atoms with Crippen molar-refractivity contribution in [2.24, 2.45) is 0 Å². The molecule has 1 fully saturated rings. The monoisotopic (exact) mass is 424 g/mol. The molecule has 1 saturated carbocycles. The highest BCUT2D eigenvalue weighted by atomic mass is 35.5. The van der Waals surface area contributed by atoms with Gasteiger partial charge in [0, 0.05) is 12.5 Å². The average molecular weight is 425 g/mol. The molecule has 1 heterocycles. The van der Waals surface area contributed by atoms with E-state index in [2.05, 4.69) is 10.6 Å². The molecular formula is C20H25ClN2O6. The van der Waals surface area contributed by atoms with E-state index in [0.29, 0.717) is 31.1 Å². The van der Waals surface area contributed by atoms with E-state index in [1.54, 1.807) is 0 Å². The molecule has 0 spiro atoms. The number of nitrogens with one attached hydrogen (secondary N) is 2. The number of benzene rings is 1. The molecule has 0 bridgehead atoms. The lowest BCUT2D eigenvalue weighted by atomic mass is 9.96. The Bertz CT molecular complexity index is 778. The number of hydrogen-bond donors (Lipinski definition) is 2. The first kappa shape index (κ1) is 21.2. The van der Waals surface area contributed by atoms with E-state index in [9.17, 15) is 14.4 Å². The standard InChI is InChI=1S/C20H25ClN2O6/c1-12(18(24)23-20(26)22-14-6-3-2-4-7-14)29-19(25)13-10-15(21)17-16(11-13)27-8-5-9-28-17/h10-12,14H,2-9H2,1H3,(H2,22,23,24,26)/t12-/m0/s1. The van der Waals surface area contributed by atoms with E-state index in [1.165, 1.54) is 19.1 Å². The van der Waals surface area contributed by atoms with Crippen molar-refractivity contribution in [3.8, 4) is 11.5 Å². The SMILES string of the molecule is C[C@H](OC(=O)c1cc(Cl)c2c(c1)OCCCO2)C(=O)NC(=O)NC1CCCCC1. The van der Waals surface area contributed by atoms with E-state index in [-0.39, 0.29) is 16.6 Å². The third-order valence-electron chi connectivity index (χ3n) is 4.87. The largest absolute Gasteiger partial charge is 0.489 e. The van der Waals surface area contributed by atoms with Crippen molar-refractivity contribution in [3.63, 3.8) is 0 Å². The molecule has 1 atom stereocenters. The number of esters is 1. The predicted octanol–water partition coefficient (Wildman–Crippen LogP) is 3.21. The van der Waals surface area contributed by atoms with Crippen LogP contribution >= 0.6 is 11.6 Å². The molecule has 0 aromatic heterocycles. The van der Waals surface area contributed by atoms with Gasteiger partial charge in [0.05, 0.1) is 23.8 Å². The molecule has 0 radical (unpaired) electrons. The second-order valence-electron chi connectivity index (χ2n) is 7.18. The van der Waals surface area contributed by atoms with Crippen molar-refractivity contribution < 1.29 is 28.6 Å². The number of ether oxygens (including phenoxy) is 3. The number of rotatable bonds is 4. The summed E-state index contributed by atoms with van der Waals surface area (Å²) in [6.45, 7) is 2.30. The van der Waals surface area contributed by atoms with Crippen LogP contribution in [0.5, 0.6) is 11.5 Å². The number of fused-ring (bicyclic) bond motifs is 1. The fourth-order valence-corrected chi connectivity index (χ4v) is 3.58. The molecule has 0 unspecified atom stereocenters. The molecule has 0 saturated heterocycles. The minimum absolute atomic E-state index is 0.0679. The normalized spacial score (nSPS) is 17.6. The summed E-state index contributed by atoms with van der Waals surface area (Å²) >= 11 is 6.18. The van der Waals surface area contributed by atoms with E-state index in [0.717, 1.165) is 32.1 Å². The zero-order valence-corrected chi connectivity index (χ0v) is 17.0. The van der Waals surface area contributed by atoms with Gasteiger partial charge in [-0.05, 0) is 31.9 Å². The second kappa shape index (κ2) is 9.82. The Balaban J connectivity index is 1.55. The van der Waals surface area contributed by atoms with Gasteiger partial charge in [0.15, 0.2) is 17.6 Å². The quantitative estimate of drug-likeness (QED) is 0.719. The van der Waals surface area contributed by atoms with Gasteiger partial charge < -0.3 is 19.5 Å². The molecule has 1 aliphatic heterocycles. The van der Waals surface area contributed by atoms with Crippen molar-refractivity contribution in [2.75, 3.05) is 13.2 Å². The number of imide groups is 1. The molecule has 3 rings (SSSR count). The van der Waals surface area contributed by atoms with Crippen molar-refractivity contribution in [1.82, 2.24) is 10.6 Å². The van der Waals surface area contributed by atoms with Gasteiger partial charge in [0.2, 0.25) is 0 Å². The fourth-order valence-electron chi connectivity index (χ4n) is 3.31. The number of carbonyl (C=O) groups is 3. The van der Waals surface area contributed by atoms with Crippen LogP contribution in [0.2, 0.25) is 5.02 Å². The van der Waals surface area contributed by atoms with E-state index in [4.69, 9.17) is 25.8 Å². The highest BCUT2D eigenvalue weighted by molar-refractivity contribution is 6.32. The molecule has 2 N–H and O–H groups in total. The first-order valence-electron chi connectivity index (χ1n) is 9.85. The van der Waals surface area contributed by atoms with Gasteiger partial charge >= 0.3 is 12.0 Å². The Kier molecular flexibility index (Phi) is 7.19. The Morgan fingerprint density at radius 1 is 1.10 bits per heavy atom. The maximum absolute atomic E-state index is 12.4. The van der Waals surface area contributed by atoms with E-state index in [1.807, 2.05) is 0 Å². The summed E-state index contributed by atoms with van der Waals surface area (Å²) in [5.41, 5.74) is 0.130. The zero-order valence-electron chi connectivity index (χ0n) is 16.3. The summed E-state index contributed by atoms with van der Waals surface area (Å²) in [5.74, 6) is -0.721. The molecule has 1 aromatic carbocycles. The molecule has 9 heteroatoms. The summed E-state index contributed by atoms with van der Waals surface area (Å²) in [6.07, 6.45) is 4.62. The Morgan fingerprint density at radius 2 is 1.83 bits per heavy atom.